The van der Waals surface area contributed by atoms with Crippen LogP contribution in [0.15, 0.2) is 24.3 Å². The van der Waals surface area contributed by atoms with E-state index < -0.39 is 11.9 Å². The largest absolute Gasteiger partial charge is 0.494 e. The molecule has 1 atom stereocenters. The van der Waals surface area contributed by atoms with Crippen LogP contribution in [0.2, 0.25) is 0 Å². The number of nitrogens with two attached hydrogens (primary N) is 2. The highest BCUT2D eigenvalue weighted by molar-refractivity contribution is 5.79. The normalized spacial score (nSPS) is 12.1. The van der Waals surface area contributed by atoms with E-state index in [0.717, 1.165) is 12.2 Å². The SMILES string of the molecule is CCc1ccc(OCCC(N)C(N)=O)cc1. The molecule has 0 spiro atoms. The third-order valence-corrected chi connectivity index (χ3v) is 2.39. The van der Waals surface area contributed by atoms with E-state index in [4.69, 9.17) is 16.2 Å². The molecule has 0 saturated carbocycles. The molecule has 4 N–H and O–H groups in total. The van der Waals surface area contributed by atoms with Crippen LogP contribution in [0.4, 0.5) is 0 Å². The van der Waals surface area contributed by atoms with Crippen molar-refractivity contribution in [3.05, 3.63) is 29.8 Å². The highest BCUT2D eigenvalue weighted by Crippen LogP contribution is 2.12. The summed E-state index contributed by atoms with van der Waals surface area (Å²) in [5, 5.41) is 0. The van der Waals surface area contributed by atoms with Crippen LogP contribution >= 0.6 is 0 Å². The second-order valence-electron chi connectivity index (χ2n) is 3.64. The molecule has 0 aromatic heterocycles. The molecule has 88 valence electrons. The number of aryl methyl sites for hydroxylation is 1. The fourth-order valence-electron chi connectivity index (χ4n) is 1.27. The van der Waals surface area contributed by atoms with E-state index in [9.17, 15) is 4.79 Å². The van der Waals surface area contributed by atoms with Gasteiger partial charge in [-0.1, -0.05) is 19.1 Å². The van der Waals surface area contributed by atoms with Gasteiger partial charge in [0.05, 0.1) is 12.6 Å². The molecule has 1 aromatic rings. The zero-order chi connectivity index (χ0) is 12.0. The Balaban J connectivity index is 2.34. The zero-order valence-corrected chi connectivity index (χ0v) is 9.48. The van der Waals surface area contributed by atoms with Gasteiger partial charge in [0, 0.05) is 6.42 Å². The maximum atomic E-state index is 10.7. The molecule has 0 fully saturated rings. The minimum Gasteiger partial charge on any atom is -0.494 e. The summed E-state index contributed by atoms with van der Waals surface area (Å²) >= 11 is 0. The average Bonchev–Trinajstić information content (AvgIpc) is 2.29. The molecular formula is C12H18N2O2. The van der Waals surface area contributed by atoms with Gasteiger partial charge in [0.2, 0.25) is 5.91 Å². The van der Waals surface area contributed by atoms with Crippen molar-refractivity contribution in [1.29, 1.82) is 0 Å². The molecule has 16 heavy (non-hydrogen) atoms. The van der Waals surface area contributed by atoms with Gasteiger partial charge >= 0.3 is 0 Å². The molecule has 4 heteroatoms. The molecule has 1 unspecified atom stereocenters. The first-order chi connectivity index (χ1) is 7.63. The molecule has 0 radical (unpaired) electrons. The van der Waals surface area contributed by atoms with Crippen LogP contribution in [0.1, 0.15) is 18.9 Å². The van der Waals surface area contributed by atoms with Gasteiger partial charge in [-0.15, -0.1) is 0 Å². The number of carbonyl (C=O) groups is 1. The number of amides is 1. The number of ether oxygens (including phenoxy) is 1. The van der Waals surface area contributed by atoms with E-state index in [1.165, 1.54) is 5.56 Å². The average molecular weight is 222 g/mol. The van der Waals surface area contributed by atoms with Crippen molar-refractivity contribution < 1.29 is 9.53 Å². The quantitative estimate of drug-likeness (QED) is 0.748. The summed E-state index contributed by atoms with van der Waals surface area (Å²) in [5.74, 6) is 0.291. The van der Waals surface area contributed by atoms with Crippen molar-refractivity contribution in [1.82, 2.24) is 0 Å². The summed E-state index contributed by atoms with van der Waals surface area (Å²) in [6, 6.07) is 7.23. The molecular weight excluding hydrogens is 204 g/mol. The molecule has 0 aliphatic rings. The molecule has 0 saturated heterocycles. The maximum Gasteiger partial charge on any atom is 0.234 e. The van der Waals surface area contributed by atoms with E-state index in [0.29, 0.717) is 13.0 Å². The second-order valence-corrected chi connectivity index (χ2v) is 3.64. The van der Waals surface area contributed by atoms with Crippen LogP contribution in [0.5, 0.6) is 5.75 Å². The third-order valence-electron chi connectivity index (χ3n) is 2.39. The maximum absolute atomic E-state index is 10.7. The third kappa shape index (κ3) is 3.90. The highest BCUT2D eigenvalue weighted by atomic mass is 16.5. The topological polar surface area (TPSA) is 78.3 Å². The van der Waals surface area contributed by atoms with Crippen molar-refractivity contribution in [3.8, 4) is 5.75 Å². The van der Waals surface area contributed by atoms with Gasteiger partial charge in [-0.3, -0.25) is 4.79 Å². The minimum absolute atomic E-state index is 0.398. The van der Waals surface area contributed by atoms with Gasteiger partial charge in [0.1, 0.15) is 5.75 Å². The number of benzene rings is 1. The van der Waals surface area contributed by atoms with Crippen molar-refractivity contribution in [2.24, 2.45) is 11.5 Å². The number of rotatable bonds is 6. The summed E-state index contributed by atoms with van der Waals surface area (Å²) in [7, 11) is 0. The van der Waals surface area contributed by atoms with Crippen molar-refractivity contribution >= 4 is 5.91 Å². The Morgan fingerprint density at radius 3 is 2.50 bits per heavy atom. The number of carbonyl (C=O) groups excluding carboxylic acids is 1. The van der Waals surface area contributed by atoms with E-state index >= 15 is 0 Å². The van der Waals surface area contributed by atoms with Gasteiger partial charge < -0.3 is 16.2 Å². The summed E-state index contributed by atoms with van der Waals surface area (Å²) in [5.41, 5.74) is 11.8. The Morgan fingerprint density at radius 2 is 2.00 bits per heavy atom. The minimum atomic E-state index is -0.630. The number of hydrogen-bond donors (Lipinski definition) is 2. The molecule has 0 aliphatic carbocycles. The van der Waals surface area contributed by atoms with Gasteiger partial charge in [0.25, 0.3) is 0 Å². The lowest BCUT2D eigenvalue weighted by atomic mass is 10.2. The molecule has 0 bridgehead atoms. The van der Waals surface area contributed by atoms with Crippen LogP contribution in [-0.2, 0) is 11.2 Å². The van der Waals surface area contributed by atoms with Crippen LogP contribution in [0, 0.1) is 0 Å². The molecule has 1 aromatic carbocycles. The molecule has 4 nitrogen and oxygen atoms in total. The number of hydrogen-bond acceptors (Lipinski definition) is 3. The highest BCUT2D eigenvalue weighted by Gasteiger charge is 2.08. The van der Waals surface area contributed by atoms with E-state index in [-0.39, 0.29) is 0 Å². The summed E-state index contributed by atoms with van der Waals surface area (Å²) in [6.07, 6.45) is 1.44. The standard InChI is InChI=1S/C12H18N2O2/c1-2-9-3-5-10(6-4-9)16-8-7-11(13)12(14)15/h3-6,11H,2,7-8,13H2,1H3,(H2,14,15). The Morgan fingerprint density at radius 1 is 1.38 bits per heavy atom. The van der Waals surface area contributed by atoms with E-state index in [1.54, 1.807) is 0 Å². The number of primary amides is 1. The first-order valence-corrected chi connectivity index (χ1v) is 5.40. The second kappa shape index (κ2) is 6.12. The molecule has 0 aliphatic heterocycles. The fourth-order valence-corrected chi connectivity index (χ4v) is 1.27. The van der Waals surface area contributed by atoms with Gasteiger partial charge in [-0.25, -0.2) is 0 Å². The first kappa shape index (κ1) is 12.5. The van der Waals surface area contributed by atoms with Gasteiger partial charge in [0.15, 0.2) is 0 Å². The van der Waals surface area contributed by atoms with Crippen LogP contribution in [0.25, 0.3) is 0 Å². The van der Waals surface area contributed by atoms with Crippen LogP contribution in [0.3, 0.4) is 0 Å². The molecule has 1 amide bonds. The van der Waals surface area contributed by atoms with Gasteiger partial charge in [-0.05, 0) is 24.1 Å². The predicted octanol–water partition coefficient (Wildman–Crippen LogP) is 0.831. The van der Waals surface area contributed by atoms with Crippen molar-refractivity contribution in [2.75, 3.05) is 6.61 Å². The van der Waals surface area contributed by atoms with Gasteiger partial charge in [-0.2, -0.15) is 0 Å². The Hall–Kier alpha value is -1.55. The molecule has 1 rings (SSSR count). The lowest BCUT2D eigenvalue weighted by Crippen LogP contribution is -2.37. The smallest absolute Gasteiger partial charge is 0.234 e. The predicted molar refractivity (Wildman–Crippen MR) is 63.1 cm³/mol. The lowest BCUT2D eigenvalue weighted by Gasteiger charge is -2.09. The molecule has 0 heterocycles. The zero-order valence-electron chi connectivity index (χ0n) is 9.48. The first-order valence-electron chi connectivity index (χ1n) is 5.40. The summed E-state index contributed by atoms with van der Waals surface area (Å²) < 4.78 is 5.44. The van der Waals surface area contributed by atoms with Crippen LogP contribution in [-0.4, -0.2) is 18.6 Å². The van der Waals surface area contributed by atoms with E-state index in [2.05, 4.69) is 6.92 Å². The summed E-state index contributed by atoms with van der Waals surface area (Å²) in [4.78, 5) is 10.7. The Kier molecular flexibility index (Phi) is 4.79. The fraction of sp³-hybridized carbons (Fsp3) is 0.417. The van der Waals surface area contributed by atoms with Crippen molar-refractivity contribution in [2.45, 2.75) is 25.8 Å². The Bertz CT molecular complexity index is 335. The lowest BCUT2D eigenvalue weighted by molar-refractivity contribution is -0.119. The van der Waals surface area contributed by atoms with Crippen molar-refractivity contribution in [3.63, 3.8) is 0 Å². The van der Waals surface area contributed by atoms with Crippen LogP contribution < -0.4 is 16.2 Å². The van der Waals surface area contributed by atoms with E-state index in [1.807, 2.05) is 24.3 Å². The Labute approximate surface area is 95.6 Å². The summed E-state index contributed by atoms with van der Waals surface area (Å²) in [6.45, 7) is 2.50. The monoisotopic (exact) mass is 222 g/mol.